The standard InChI is InChI=1S/C9H16ClNO/c1-8(10)6-12-7-9-3-2-4-11-5-9/h9,11H,1-7H2. The van der Waals surface area contributed by atoms with Gasteiger partial charge in [-0.05, 0) is 25.3 Å². The van der Waals surface area contributed by atoms with Gasteiger partial charge < -0.3 is 10.1 Å². The first-order valence-corrected chi connectivity index (χ1v) is 4.78. The van der Waals surface area contributed by atoms with E-state index in [4.69, 9.17) is 16.3 Å². The van der Waals surface area contributed by atoms with E-state index in [1.807, 2.05) is 0 Å². The summed E-state index contributed by atoms with van der Waals surface area (Å²) in [6.07, 6.45) is 2.53. The topological polar surface area (TPSA) is 21.3 Å². The zero-order valence-electron chi connectivity index (χ0n) is 7.31. The highest BCUT2D eigenvalue weighted by molar-refractivity contribution is 6.29. The Morgan fingerprint density at radius 2 is 2.50 bits per heavy atom. The van der Waals surface area contributed by atoms with Gasteiger partial charge >= 0.3 is 0 Å². The minimum Gasteiger partial charge on any atom is -0.376 e. The molecule has 0 amide bonds. The number of ether oxygens (including phenoxy) is 1. The largest absolute Gasteiger partial charge is 0.376 e. The Kier molecular flexibility index (Phi) is 4.66. The monoisotopic (exact) mass is 189 g/mol. The molecule has 0 saturated carbocycles. The lowest BCUT2D eigenvalue weighted by Gasteiger charge is -2.22. The molecule has 0 bridgehead atoms. The highest BCUT2D eigenvalue weighted by Crippen LogP contribution is 2.10. The van der Waals surface area contributed by atoms with Crippen LogP contribution in [0.15, 0.2) is 11.6 Å². The third-order valence-corrected chi connectivity index (χ3v) is 2.12. The van der Waals surface area contributed by atoms with Gasteiger partial charge in [0.15, 0.2) is 0 Å². The van der Waals surface area contributed by atoms with Crippen LogP contribution in [0.3, 0.4) is 0 Å². The Bertz CT molecular complexity index is 143. The summed E-state index contributed by atoms with van der Waals surface area (Å²) in [6, 6.07) is 0. The lowest BCUT2D eigenvalue weighted by molar-refractivity contribution is 0.109. The van der Waals surface area contributed by atoms with Crippen LogP contribution in [0.4, 0.5) is 0 Å². The lowest BCUT2D eigenvalue weighted by Crippen LogP contribution is -2.32. The van der Waals surface area contributed by atoms with Crippen LogP contribution in [-0.4, -0.2) is 26.3 Å². The highest BCUT2D eigenvalue weighted by Gasteiger charge is 2.12. The first-order chi connectivity index (χ1) is 5.79. The molecule has 12 heavy (non-hydrogen) atoms. The number of hydrogen-bond acceptors (Lipinski definition) is 2. The van der Waals surface area contributed by atoms with E-state index >= 15 is 0 Å². The second-order valence-electron chi connectivity index (χ2n) is 3.24. The fourth-order valence-electron chi connectivity index (χ4n) is 1.40. The number of halogens is 1. The van der Waals surface area contributed by atoms with Gasteiger partial charge in [0.05, 0.1) is 13.2 Å². The maximum atomic E-state index is 5.56. The fourth-order valence-corrected chi connectivity index (χ4v) is 1.48. The van der Waals surface area contributed by atoms with Crippen molar-refractivity contribution in [3.63, 3.8) is 0 Å². The van der Waals surface area contributed by atoms with E-state index in [0.717, 1.165) is 19.7 Å². The summed E-state index contributed by atoms with van der Waals surface area (Å²) in [7, 11) is 0. The average molecular weight is 190 g/mol. The van der Waals surface area contributed by atoms with E-state index in [1.165, 1.54) is 12.8 Å². The summed E-state index contributed by atoms with van der Waals surface area (Å²) >= 11 is 5.56. The van der Waals surface area contributed by atoms with Crippen LogP contribution in [0.1, 0.15) is 12.8 Å². The van der Waals surface area contributed by atoms with Crippen LogP contribution in [0.5, 0.6) is 0 Å². The van der Waals surface area contributed by atoms with Gasteiger partial charge in [-0.2, -0.15) is 0 Å². The molecular formula is C9H16ClNO. The molecular weight excluding hydrogens is 174 g/mol. The molecule has 1 N–H and O–H groups in total. The molecule has 1 rings (SSSR count). The molecule has 1 atom stereocenters. The molecule has 0 spiro atoms. The summed E-state index contributed by atoms with van der Waals surface area (Å²) in [6.45, 7) is 7.08. The third-order valence-electron chi connectivity index (χ3n) is 2.01. The highest BCUT2D eigenvalue weighted by atomic mass is 35.5. The summed E-state index contributed by atoms with van der Waals surface area (Å²) in [5.41, 5.74) is 0. The molecule has 70 valence electrons. The van der Waals surface area contributed by atoms with Crippen LogP contribution in [0, 0.1) is 5.92 Å². The molecule has 0 aromatic carbocycles. The van der Waals surface area contributed by atoms with Crippen molar-refractivity contribution in [3.05, 3.63) is 11.6 Å². The van der Waals surface area contributed by atoms with Crippen LogP contribution in [0.25, 0.3) is 0 Å². The Labute approximate surface area is 78.9 Å². The van der Waals surface area contributed by atoms with Gasteiger partial charge in [-0.3, -0.25) is 0 Å². The van der Waals surface area contributed by atoms with Gasteiger partial charge in [0.2, 0.25) is 0 Å². The van der Waals surface area contributed by atoms with Gasteiger partial charge in [-0.15, -0.1) is 0 Å². The molecule has 0 aliphatic carbocycles. The number of hydrogen-bond donors (Lipinski definition) is 1. The molecule has 3 heteroatoms. The maximum Gasteiger partial charge on any atom is 0.0817 e. The first kappa shape index (κ1) is 10.0. The van der Waals surface area contributed by atoms with Crippen LogP contribution in [0.2, 0.25) is 0 Å². The van der Waals surface area contributed by atoms with E-state index in [1.54, 1.807) is 0 Å². The zero-order chi connectivity index (χ0) is 8.81. The summed E-state index contributed by atoms with van der Waals surface area (Å²) in [4.78, 5) is 0. The van der Waals surface area contributed by atoms with Crippen molar-refractivity contribution in [1.29, 1.82) is 0 Å². The predicted molar refractivity (Wildman–Crippen MR) is 51.4 cm³/mol. The molecule has 1 fully saturated rings. The van der Waals surface area contributed by atoms with Crippen LogP contribution >= 0.6 is 11.6 Å². The fraction of sp³-hybridized carbons (Fsp3) is 0.778. The van der Waals surface area contributed by atoms with Crippen molar-refractivity contribution in [3.8, 4) is 0 Å². The molecule has 1 unspecified atom stereocenters. The van der Waals surface area contributed by atoms with E-state index < -0.39 is 0 Å². The second kappa shape index (κ2) is 5.57. The molecule has 1 aliphatic rings. The lowest BCUT2D eigenvalue weighted by atomic mass is 10.0. The van der Waals surface area contributed by atoms with Crippen molar-refractivity contribution >= 4 is 11.6 Å². The van der Waals surface area contributed by atoms with Gasteiger partial charge in [-0.1, -0.05) is 18.2 Å². The summed E-state index contributed by atoms with van der Waals surface area (Å²) in [5, 5.41) is 3.92. The molecule has 0 radical (unpaired) electrons. The molecule has 2 nitrogen and oxygen atoms in total. The average Bonchev–Trinajstić information content (AvgIpc) is 2.05. The zero-order valence-corrected chi connectivity index (χ0v) is 8.07. The van der Waals surface area contributed by atoms with Crippen LogP contribution in [-0.2, 0) is 4.74 Å². The molecule has 0 aromatic rings. The third kappa shape index (κ3) is 4.10. The van der Waals surface area contributed by atoms with Crippen molar-refractivity contribution in [1.82, 2.24) is 5.32 Å². The number of rotatable bonds is 4. The number of nitrogens with one attached hydrogen (secondary N) is 1. The van der Waals surface area contributed by atoms with Gasteiger partial charge in [0.25, 0.3) is 0 Å². The molecule has 1 heterocycles. The van der Waals surface area contributed by atoms with E-state index in [-0.39, 0.29) is 0 Å². The van der Waals surface area contributed by atoms with Gasteiger partial charge in [0, 0.05) is 11.6 Å². The molecule has 0 aromatic heterocycles. The van der Waals surface area contributed by atoms with Crippen molar-refractivity contribution in [2.75, 3.05) is 26.3 Å². The Balaban J connectivity index is 2.01. The minimum atomic E-state index is 0.484. The van der Waals surface area contributed by atoms with E-state index in [2.05, 4.69) is 11.9 Å². The normalized spacial score (nSPS) is 23.9. The Morgan fingerprint density at radius 1 is 1.67 bits per heavy atom. The van der Waals surface area contributed by atoms with Gasteiger partial charge in [-0.25, -0.2) is 0 Å². The summed E-state index contributed by atoms with van der Waals surface area (Å²) in [5.74, 6) is 0.662. The van der Waals surface area contributed by atoms with Crippen molar-refractivity contribution < 1.29 is 4.74 Å². The SMILES string of the molecule is C=C(Cl)COCC1CCCNC1. The smallest absolute Gasteiger partial charge is 0.0817 e. The first-order valence-electron chi connectivity index (χ1n) is 4.41. The van der Waals surface area contributed by atoms with E-state index in [9.17, 15) is 0 Å². The molecule has 1 aliphatic heterocycles. The van der Waals surface area contributed by atoms with Gasteiger partial charge in [0.1, 0.15) is 0 Å². The Hall–Kier alpha value is -0.0500. The molecule has 1 saturated heterocycles. The van der Waals surface area contributed by atoms with Crippen LogP contribution < -0.4 is 5.32 Å². The number of piperidine rings is 1. The summed E-state index contributed by atoms with van der Waals surface area (Å²) < 4.78 is 5.36. The van der Waals surface area contributed by atoms with Crippen molar-refractivity contribution in [2.45, 2.75) is 12.8 Å². The predicted octanol–water partition coefficient (Wildman–Crippen LogP) is 1.76. The Morgan fingerprint density at radius 3 is 3.08 bits per heavy atom. The quantitative estimate of drug-likeness (QED) is 0.728. The van der Waals surface area contributed by atoms with E-state index in [0.29, 0.717) is 17.6 Å². The second-order valence-corrected chi connectivity index (χ2v) is 3.78. The minimum absolute atomic E-state index is 0.484. The maximum absolute atomic E-state index is 5.56. The van der Waals surface area contributed by atoms with Crippen molar-refractivity contribution in [2.24, 2.45) is 5.92 Å².